The van der Waals surface area contributed by atoms with Crippen LogP contribution in [-0.2, 0) is 9.53 Å². The molecule has 0 heterocycles. The fraction of sp³-hybridized carbons (Fsp3) is 0.938. The summed E-state index contributed by atoms with van der Waals surface area (Å²) >= 11 is 0. The third-order valence-electron chi connectivity index (χ3n) is 3.21. The van der Waals surface area contributed by atoms with Crippen molar-refractivity contribution < 1.29 is 9.53 Å². The van der Waals surface area contributed by atoms with Crippen molar-refractivity contribution in [1.29, 1.82) is 0 Å². The highest BCUT2D eigenvalue weighted by Crippen LogP contribution is 2.24. The molecule has 2 N–H and O–H groups in total. The molecule has 0 radical (unpaired) electrons. The van der Waals surface area contributed by atoms with Gasteiger partial charge in [-0.1, -0.05) is 13.8 Å². The largest absolute Gasteiger partial charge is 0.463 e. The number of rotatable bonds is 6. The second-order valence-corrected chi connectivity index (χ2v) is 7.90. The predicted molar refractivity (Wildman–Crippen MR) is 84.6 cm³/mol. The Labute approximate surface area is 125 Å². The fourth-order valence-electron chi connectivity index (χ4n) is 2.63. The van der Waals surface area contributed by atoms with Gasteiger partial charge in [-0.2, -0.15) is 0 Å². The van der Waals surface area contributed by atoms with Gasteiger partial charge in [0.2, 0.25) is 0 Å². The van der Waals surface area contributed by atoms with Crippen molar-refractivity contribution in [2.24, 2.45) is 11.7 Å². The minimum absolute atomic E-state index is 0.0324. The number of esters is 1. The molecular weight excluding hydrogens is 252 g/mol. The summed E-state index contributed by atoms with van der Waals surface area (Å²) < 4.78 is 5.32. The van der Waals surface area contributed by atoms with E-state index < -0.39 is 6.04 Å². The highest BCUT2D eigenvalue weighted by molar-refractivity contribution is 5.75. The first-order chi connectivity index (χ1) is 8.85. The quantitative estimate of drug-likeness (QED) is 0.763. The van der Waals surface area contributed by atoms with Crippen molar-refractivity contribution in [3.05, 3.63) is 0 Å². The monoisotopic (exact) mass is 286 g/mol. The van der Waals surface area contributed by atoms with E-state index in [4.69, 9.17) is 10.5 Å². The zero-order valence-electron chi connectivity index (χ0n) is 14.6. The fourth-order valence-corrected chi connectivity index (χ4v) is 2.63. The highest BCUT2D eigenvalue weighted by Gasteiger charge is 2.31. The minimum Gasteiger partial charge on any atom is -0.463 e. The Bertz CT molecular complexity index is 287. The lowest BCUT2D eigenvalue weighted by atomic mass is 9.96. The van der Waals surface area contributed by atoms with E-state index in [0.29, 0.717) is 25.5 Å². The average molecular weight is 286 g/mol. The second kappa shape index (κ2) is 7.41. The molecule has 0 aromatic heterocycles. The van der Waals surface area contributed by atoms with E-state index in [9.17, 15) is 4.79 Å². The van der Waals surface area contributed by atoms with Gasteiger partial charge < -0.3 is 10.5 Å². The molecule has 0 rings (SSSR count). The third-order valence-corrected chi connectivity index (χ3v) is 3.21. The Kier molecular flexibility index (Phi) is 7.19. The zero-order valence-corrected chi connectivity index (χ0v) is 14.6. The molecule has 0 aliphatic heterocycles. The van der Waals surface area contributed by atoms with Gasteiger partial charge in [-0.25, -0.2) is 0 Å². The first kappa shape index (κ1) is 19.4. The van der Waals surface area contributed by atoms with Crippen molar-refractivity contribution >= 4 is 5.97 Å². The van der Waals surface area contributed by atoms with E-state index in [1.54, 1.807) is 0 Å². The van der Waals surface area contributed by atoms with Crippen molar-refractivity contribution in [2.45, 2.75) is 78.9 Å². The van der Waals surface area contributed by atoms with Crippen LogP contribution in [0.1, 0.15) is 61.8 Å². The third kappa shape index (κ3) is 7.25. The highest BCUT2D eigenvalue weighted by atomic mass is 16.5. The smallest absolute Gasteiger partial charge is 0.322 e. The van der Waals surface area contributed by atoms with Crippen molar-refractivity contribution in [2.75, 3.05) is 13.2 Å². The van der Waals surface area contributed by atoms with Crippen molar-refractivity contribution in [1.82, 2.24) is 4.90 Å². The SMILES string of the molecule is CC(C)CC(N)C(=O)OCCN(C(C)(C)C)C(C)(C)C. The van der Waals surface area contributed by atoms with Crippen LogP contribution in [0.4, 0.5) is 0 Å². The summed E-state index contributed by atoms with van der Waals surface area (Å²) in [5.41, 5.74) is 5.88. The van der Waals surface area contributed by atoms with Crippen LogP contribution >= 0.6 is 0 Å². The Morgan fingerprint density at radius 3 is 1.90 bits per heavy atom. The number of carbonyl (C=O) groups excluding carboxylic acids is 1. The molecule has 0 aliphatic carbocycles. The molecule has 0 aliphatic rings. The molecule has 0 bridgehead atoms. The normalized spacial score (nSPS) is 14.8. The van der Waals surface area contributed by atoms with E-state index in [1.807, 2.05) is 13.8 Å². The van der Waals surface area contributed by atoms with E-state index in [2.05, 4.69) is 46.4 Å². The lowest BCUT2D eigenvalue weighted by Gasteiger charge is -2.45. The van der Waals surface area contributed by atoms with Gasteiger partial charge in [-0.3, -0.25) is 9.69 Å². The van der Waals surface area contributed by atoms with Crippen LogP contribution in [0.15, 0.2) is 0 Å². The van der Waals surface area contributed by atoms with Crippen LogP contribution < -0.4 is 5.73 Å². The summed E-state index contributed by atoms with van der Waals surface area (Å²) in [4.78, 5) is 14.1. The van der Waals surface area contributed by atoms with E-state index >= 15 is 0 Å². The van der Waals surface area contributed by atoms with Gasteiger partial charge in [0.1, 0.15) is 12.6 Å². The maximum Gasteiger partial charge on any atom is 0.322 e. The lowest BCUT2D eigenvalue weighted by molar-refractivity contribution is -0.147. The first-order valence-corrected chi connectivity index (χ1v) is 7.55. The van der Waals surface area contributed by atoms with E-state index in [1.165, 1.54) is 0 Å². The molecule has 0 saturated heterocycles. The molecule has 20 heavy (non-hydrogen) atoms. The molecule has 120 valence electrons. The zero-order chi connectivity index (χ0) is 16.1. The molecular formula is C16H34N2O2. The average Bonchev–Trinajstić information content (AvgIpc) is 2.19. The molecule has 1 atom stereocenters. The summed E-state index contributed by atoms with van der Waals surface area (Å²) in [6.45, 7) is 18.2. The second-order valence-electron chi connectivity index (χ2n) is 7.90. The molecule has 0 aromatic carbocycles. The van der Waals surface area contributed by atoms with Gasteiger partial charge in [0.15, 0.2) is 0 Å². The molecule has 4 heteroatoms. The summed E-state index contributed by atoms with van der Waals surface area (Å²) in [5.74, 6) is 0.111. The topological polar surface area (TPSA) is 55.6 Å². The standard InChI is InChI=1S/C16H34N2O2/c1-12(2)11-13(17)14(19)20-10-9-18(15(3,4)5)16(6,7)8/h12-13H,9-11,17H2,1-8H3. The van der Waals surface area contributed by atoms with Gasteiger partial charge in [-0.05, 0) is 53.9 Å². The molecule has 0 saturated carbocycles. The Morgan fingerprint density at radius 2 is 1.55 bits per heavy atom. The van der Waals surface area contributed by atoms with Gasteiger partial charge in [-0.15, -0.1) is 0 Å². The predicted octanol–water partition coefficient (Wildman–Crippen LogP) is 2.80. The maximum atomic E-state index is 11.8. The Morgan fingerprint density at radius 1 is 1.10 bits per heavy atom. The summed E-state index contributed by atoms with van der Waals surface area (Å²) in [6.07, 6.45) is 0.668. The van der Waals surface area contributed by atoms with Crippen molar-refractivity contribution in [3.8, 4) is 0 Å². The number of carbonyl (C=O) groups is 1. The number of ether oxygens (including phenoxy) is 1. The molecule has 0 fully saturated rings. The number of nitrogens with two attached hydrogens (primary N) is 1. The van der Waals surface area contributed by atoms with Crippen LogP contribution in [0.2, 0.25) is 0 Å². The molecule has 4 nitrogen and oxygen atoms in total. The van der Waals surface area contributed by atoms with Crippen LogP contribution in [0, 0.1) is 5.92 Å². The van der Waals surface area contributed by atoms with Crippen LogP contribution in [0.25, 0.3) is 0 Å². The number of nitrogens with zero attached hydrogens (tertiary/aromatic N) is 1. The molecule has 0 amide bonds. The Balaban J connectivity index is 4.36. The molecule has 0 spiro atoms. The van der Waals surface area contributed by atoms with Crippen LogP contribution in [0.5, 0.6) is 0 Å². The van der Waals surface area contributed by atoms with Gasteiger partial charge in [0.05, 0.1) is 0 Å². The van der Waals surface area contributed by atoms with Crippen molar-refractivity contribution in [3.63, 3.8) is 0 Å². The molecule has 1 unspecified atom stereocenters. The van der Waals surface area contributed by atoms with Gasteiger partial charge in [0, 0.05) is 17.6 Å². The number of hydrogen-bond donors (Lipinski definition) is 1. The molecule has 0 aromatic rings. The minimum atomic E-state index is -0.507. The van der Waals surface area contributed by atoms with Crippen LogP contribution in [-0.4, -0.2) is 41.1 Å². The summed E-state index contributed by atoms with van der Waals surface area (Å²) in [7, 11) is 0. The Hall–Kier alpha value is -0.610. The summed E-state index contributed by atoms with van der Waals surface area (Å²) in [6, 6.07) is -0.507. The van der Waals surface area contributed by atoms with Gasteiger partial charge in [0.25, 0.3) is 0 Å². The van der Waals surface area contributed by atoms with E-state index in [0.717, 1.165) is 0 Å². The van der Waals surface area contributed by atoms with Gasteiger partial charge >= 0.3 is 5.97 Å². The maximum absolute atomic E-state index is 11.8. The van der Waals surface area contributed by atoms with E-state index in [-0.39, 0.29) is 17.0 Å². The van der Waals surface area contributed by atoms with Crippen LogP contribution in [0.3, 0.4) is 0 Å². The first-order valence-electron chi connectivity index (χ1n) is 7.55. The lowest BCUT2D eigenvalue weighted by Crippen LogP contribution is -2.54. The number of hydrogen-bond acceptors (Lipinski definition) is 4. The summed E-state index contributed by atoms with van der Waals surface area (Å²) in [5, 5.41) is 0.